The van der Waals surface area contributed by atoms with Crippen molar-refractivity contribution in [3.05, 3.63) is 64.4 Å². The average Bonchev–Trinajstić information content (AvgIpc) is 3.38. The zero-order valence-corrected chi connectivity index (χ0v) is 20.6. The molecule has 0 saturated carbocycles. The highest BCUT2D eigenvalue weighted by Gasteiger charge is 2.17. The van der Waals surface area contributed by atoms with E-state index in [0.29, 0.717) is 42.0 Å². The second kappa shape index (κ2) is 12.0. The Hall–Kier alpha value is -3.17. The number of benzene rings is 2. The molecule has 0 bridgehead atoms. The highest BCUT2D eigenvalue weighted by molar-refractivity contribution is 7.99. The lowest BCUT2D eigenvalue weighted by atomic mass is 10.2. The van der Waals surface area contributed by atoms with Crippen LogP contribution in [0.5, 0.6) is 0 Å². The van der Waals surface area contributed by atoms with Gasteiger partial charge in [-0.1, -0.05) is 41.6 Å². The highest BCUT2D eigenvalue weighted by Crippen LogP contribution is 2.19. The van der Waals surface area contributed by atoms with Gasteiger partial charge in [-0.25, -0.2) is 4.98 Å². The Morgan fingerprint density at radius 3 is 2.71 bits per heavy atom. The maximum atomic E-state index is 13.2. The molecule has 1 fully saturated rings. The minimum atomic E-state index is -0.179. The van der Waals surface area contributed by atoms with Crippen molar-refractivity contribution < 1.29 is 14.3 Å². The Balaban J connectivity index is 1.40. The molecule has 4 rings (SSSR count). The number of carbonyl (C=O) groups excluding carboxylic acids is 2. The van der Waals surface area contributed by atoms with E-state index in [1.165, 1.54) is 11.8 Å². The number of anilines is 1. The molecular weight excluding hydrogens is 464 g/mol. The average molecular weight is 495 g/mol. The van der Waals surface area contributed by atoms with Crippen molar-refractivity contribution in [2.24, 2.45) is 0 Å². The third kappa shape index (κ3) is 6.93. The summed E-state index contributed by atoms with van der Waals surface area (Å²) in [5.74, 6) is -0.129. The number of nitrogens with one attached hydrogen (secondary N) is 2. The van der Waals surface area contributed by atoms with Gasteiger partial charge in [-0.15, -0.1) is 0 Å². The molecule has 8 nitrogen and oxygen atoms in total. The van der Waals surface area contributed by atoms with Crippen LogP contribution in [-0.4, -0.2) is 46.4 Å². The number of rotatable bonds is 10. The molecule has 0 radical (unpaired) electrons. The molecule has 2 amide bonds. The molecule has 1 aromatic heterocycles. The lowest BCUT2D eigenvalue weighted by Crippen LogP contribution is -2.32. The largest absolute Gasteiger partial charge is 0.376 e. The number of hydrogen-bond donors (Lipinski definition) is 2. The molecule has 9 heteroatoms. The number of thioether (sulfide) groups is 1. The molecule has 0 aliphatic carbocycles. The van der Waals surface area contributed by atoms with Crippen LogP contribution < -0.4 is 16.2 Å². The Bertz CT molecular complexity index is 1240. The highest BCUT2D eigenvalue weighted by atomic mass is 32.2. The SMILES string of the molecule is Cc1ccc(NC(=O)CSc2nc3ccccc3c(=O)n2CCCC(=O)NC[C@H]2CCCO2)cc1. The summed E-state index contributed by atoms with van der Waals surface area (Å²) < 4.78 is 7.10. The third-order valence-corrected chi connectivity index (χ3v) is 6.81. The quantitative estimate of drug-likeness (QED) is 0.330. The van der Waals surface area contributed by atoms with Gasteiger partial charge < -0.3 is 15.4 Å². The molecule has 1 aliphatic rings. The molecule has 0 unspecified atom stereocenters. The predicted molar refractivity (Wildman–Crippen MR) is 138 cm³/mol. The van der Waals surface area contributed by atoms with Crippen molar-refractivity contribution in [1.82, 2.24) is 14.9 Å². The van der Waals surface area contributed by atoms with Gasteiger partial charge in [0.25, 0.3) is 5.56 Å². The fourth-order valence-electron chi connectivity index (χ4n) is 3.94. The van der Waals surface area contributed by atoms with E-state index in [0.717, 1.165) is 30.7 Å². The second-order valence-corrected chi connectivity index (χ2v) is 9.56. The van der Waals surface area contributed by atoms with Crippen molar-refractivity contribution >= 4 is 40.2 Å². The van der Waals surface area contributed by atoms with Crippen LogP contribution in [0.4, 0.5) is 5.69 Å². The van der Waals surface area contributed by atoms with Crippen molar-refractivity contribution in [3.63, 3.8) is 0 Å². The molecule has 1 saturated heterocycles. The summed E-state index contributed by atoms with van der Waals surface area (Å²) in [4.78, 5) is 42.6. The van der Waals surface area contributed by atoms with Crippen LogP contribution in [0.25, 0.3) is 10.9 Å². The van der Waals surface area contributed by atoms with Gasteiger partial charge in [-0.2, -0.15) is 0 Å². The summed E-state index contributed by atoms with van der Waals surface area (Å²) >= 11 is 1.22. The summed E-state index contributed by atoms with van der Waals surface area (Å²) in [5.41, 5.74) is 2.25. The molecule has 184 valence electrons. The summed E-state index contributed by atoms with van der Waals surface area (Å²) in [6, 6.07) is 14.7. The van der Waals surface area contributed by atoms with Gasteiger partial charge in [0.2, 0.25) is 11.8 Å². The van der Waals surface area contributed by atoms with Gasteiger partial charge >= 0.3 is 0 Å². The van der Waals surface area contributed by atoms with Gasteiger partial charge in [-0.05, 0) is 50.5 Å². The molecule has 2 heterocycles. The zero-order valence-electron chi connectivity index (χ0n) is 19.8. The number of fused-ring (bicyclic) bond motifs is 1. The van der Waals surface area contributed by atoms with E-state index in [1.54, 1.807) is 22.8 Å². The monoisotopic (exact) mass is 494 g/mol. The lowest BCUT2D eigenvalue weighted by Gasteiger charge is -2.14. The fraction of sp³-hybridized carbons (Fsp3) is 0.385. The Morgan fingerprint density at radius 2 is 1.94 bits per heavy atom. The summed E-state index contributed by atoms with van der Waals surface area (Å²) in [7, 11) is 0. The van der Waals surface area contributed by atoms with Gasteiger partial charge in [-0.3, -0.25) is 19.0 Å². The van der Waals surface area contributed by atoms with E-state index in [2.05, 4.69) is 15.6 Å². The van der Waals surface area contributed by atoms with Crippen molar-refractivity contribution in [3.8, 4) is 0 Å². The number of nitrogens with zero attached hydrogens (tertiary/aromatic N) is 2. The summed E-state index contributed by atoms with van der Waals surface area (Å²) in [6.45, 7) is 3.60. The number of aromatic nitrogens is 2. The normalized spacial score (nSPS) is 15.3. The molecule has 1 aliphatic heterocycles. The van der Waals surface area contributed by atoms with Gasteiger partial charge in [0.05, 0.1) is 22.8 Å². The van der Waals surface area contributed by atoms with E-state index in [9.17, 15) is 14.4 Å². The maximum absolute atomic E-state index is 13.2. The minimum Gasteiger partial charge on any atom is -0.376 e. The molecule has 3 aromatic rings. The minimum absolute atomic E-state index is 0.0611. The lowest BCUT2D eigenvalue weighted by molar-refractivity contribution is -0.121. The van der Waals surface area contributed by atoms with E-state index in [4.69, 9.17) is 4.74 Å². The maximum Gasteiger partial charge on any atom is 0.262 e. The predicted octanol–water partition coefficient (Wildman–Crippen LogP) is 3.51. The van der Waals surface area contributed by atoms with Gasteiger partial charge in [0.15, 0.2) is 5.16 Å². The number of para-hydroxylation sites is 1. The first-order chi connectivity index (χ1) is 17.0. The van der Waals surface area contributed by atoms with Crippen molar-refractivity contribution in [2.45, 2.75) is 50.4 Å². The van der Waals surface area contributed by atoms with Crippen LogP contribution in [-0.2, 0) is 20.9 Å². The first-order valence-corrected chi connectivity index (χ1v) is 12.9. The molecule has 0 spiro atoms. The molecule has 1 atom stereocenters. The van der Waals surface area contributed by atoms with E-state index >= 15 is 0 Å². The fourth-order valence-corrected chi connectivity index (χ4v) is 4.76. The van der Waals surface area contributed by atoms with Crippen LogP contribution in [0.3, 0.4) is 0 Å². The Kier molecular flexibility index (Phi) is 8.54. The van der Waals surface area contributed by atoms with Gasteiger partial charge in [0, 0.05) is 31.8 Å². The summed E-state index contributed by atoms with van der Waals surface area (Å²) in [5, 5.41) is 6.76. The van der Waals surface area contributed by atoms with Crippen molar-refractivity contribution in [1.29, 1.82) is 0 Å². The van der Waals surface area contributed by atoms with E-state index in [-0.39, 0.29) is 29.2 Å². The van der Waals surface area contributed by atoms with Crippen LogP contribution in [0.1, 0.15) is 31.2 Å². The smallest absolute Gasteiger partial charge is 0.262 e. The van der Waals surface area contributed by atoms with Crippen LogP contribution in [0.2, 0.25) is 0 Å². The standard InChI is InChI=1S/C26H30N4O4S/c1-18-10-12-19(13-11-18)28-24(32)17-35-26-29-22-8-3-2-7-21(22)25(33)30(26)14-4-9-23(31)27-16-20-6-5-15-34-20/h2-3,7-8,10-13,20H,4-6,9,14-17H2,1H3,(H,27,31)(H,28,32)/t20-/m1/s1. The first kappa shape index (κ1) is 24.9. The zero-order chi connectivity index (χ0) is 24.6. The van der Waals surface area contributed by atoms with Crippen LogP contribution in [0.15, 0.2) is 58.5 Å². The molecular formula is C26H30N4O4S. The number of ether oxygens (including phenoxy) is 1. The molecule has 2 aromatic carbocycles. The Morgan fingerprint density at radius 1 is 1.14 bits per heavy atom. The van der Waals surface area contributed by atoms with Crippen molar-refractivity contribution in [2.75, 3.05) is 24.2 Å². The Labute approximate surface area is 208 Å². The first-order valence-electron chi connectivity index (χ1n) is 11.9. The molecule has 35 heavy (non-hydrogen) atoms. The number of carbonyl (C=O) groups is 2. The number of aryl methyl sites for hydroxylation is 1. The number of hydrogen-bond acceptors (Lipinski definition) is 6. The summed E-state index contributed by atoms with van der Waals surface area (Å²) in [6.07, 6.45) is 2.88. The van der Waals surface area contributed by atoms with E-state index < -0.39 is 0 Å². The second-order valence-electron chi connectivity index (χ2n) is 8.61. The third-order valence-electron chi connectivity index (χ3n) is 5.83. The molecule has 2 N–H and O–H groups in total. The number of amides is 2. The van der Waals surface area contributed by atoms with E-state index in [1.807, 2.05) is 37.3 Å². The van der Waals surface area contributed by atoms with Crippen LogP contribution >= 0.6 is 11.8 Å². The van der Waals surface area contributed by atoms with Crippen LogP contribution in [0, 0.1) is 6.92 Å². The van der Waals surface area contributed by atoms with Gasteiger partial charge in [0.1, 0.15) is 0 Å². The topological polar surface area (TPSA) is 102 Å².